The number of hydrogen-bond donors (Lipinski definition) is 1. The van der Waals surface area contributed by atoms with Crippen molar-refractivity contribution in [3.63, 3.8) is 0 Å². The van der Waals surface area contributed by atoms with Crippen molar-refractivity contribution in [1.29, 1.82) is 0 Å². The molecule has 1 N–H and O–H groups in total. The molecule has 0 saturated carbocycles. The van der Waals surface area contributed by atoms with Crippen molar-refractivity contribution in [3.8, 4) is 0 Å². The minimum absolute atomic E-state index is 0.0906. The van der Waals surface area contributed by atoms with Crippen LogP contribution < -0.4 is 0 Å². The first-order valence-corrected chi connectivity index (χ1v) is 5.64. The molecule has 0 bridgehead atoms. The normalized spacial score (nSPS) is 22.7. The zero-order valence-corrected chi connectivity index (χ0v) is 10.3. The van der Waals surface area contributed by atoms with Gasteiger partial charge < -0.3 is 14.7 Å². The van der Waals surface area contributed by atoms with E-state index in [0.717, 1.165) is 6.42 Å². The maximum absolute atomic E-state index is 10.8. The first-order chi connectivity index (χ1) is 7.38. The van der Waals surface area contributed by atoms with Gasteiger partial charge in [0.1, 0.15) is 0 Å². The molecule has 0 aliphatic carbocycles. The van der Waals surface area contributed by atoms with Gasteiger partial charge in [0, 0.05) is 6.54 Å². The van der Waals surface area contributed by atoms with Crippen LogP contribution in [0.5, 0.6) is 0 Å². The van der Waals surface area contributed by atoms with Crippen LogP contribution in [0.3, 0.4) is 0 Å². The van der Waals surface area contributed by atoms with Crippen LogP contribution in [0.4, 0.5) is 4.79 Å². The highest BCUT2D eigenvalue weighted by Gasteiger charge is 2.21. The van der Waals surface area contributed by atoms with E-state index in [0.29, 0.717) is 19.7 Å². The quantitative estimate of drug-likeness (QED) is 0.737. The van der Waals surface area contributed by atoms with E-state index >= 15 is 0 Å². The van der Waals surface area contributed by atoms with Crippen LogP contribution >= 0.6 is 0 Å². The summed E-state index contributed by atoms with van der Waals surface area (Å²) in [6, 6.07) is 0. The van der Waals surface area contributed by atoms with Gasteiger partial charge in [0.05, 0.1) is 19.3 Å². The second-order valence-electron chi connectivity index (χ2n) is 5.33. The van der Waals surface area contributed by atoms with Crippen molar-refractivity contribution in [2.45, 2.75) is 33.3 Å². The lowest BCUT2D eigenvalue weighted by atomic mass is 9.92. The summed E-state index contributed by atoms with van der Waals surface area (Å²) in [7, 11) is 0. The minimum atomic E-state index is -0.863. The summed E-state index contributed by atoms with van der Waals surface area (Å²) in [5.41, 5.74) is 0.262. The molecule has 1 saturated heterocycles. The molecule has 1 rings (SSSR count). The molecule has 1 aliphatic heterocycles. The first kappa shape index (κ1) is 13.0. The van der Waals surface area contributed by atoms with E-state index < -0.39 is 6.09 Å². The molecule has 1 heterocycles. The molecule has 92 valence electrons. The third-order valence-corrected chi connectivity index (χ3v) is 2.44. The van der Waals surface area contributed by atoms with Crippen LogP contribution in [0, 0.1) is 5.41 Å². The Morgan fingerprint density at radius 1 is 1.56 bits per heavy atom. The third kappa shape index (κ3) is 4.66. The van der Waals surface area contributed by atoms with Gasteiger partial charge in [-0.3, -0.25) is 0 Å². The van der Waals surface area contributed by atoms with E-state index in [2.05, 4.69) is 26.8 Å². The van der Waals surface area contributed by atoms with Crippen LogP contribution in [-0.2, 0) is 4.74 Å². The fourth-order valence-corrected chi connectivity index (χ4v) is 1.54. The van der Waals surface area contributed by atoms with E-state index in [4.69, 9.17) is 9.84 Å². The van der Waals surface area contributed by atoms with E-state index in [-0.39, 0.29) is 11.5 Å². The van der Waals surface area contributed by atoms with Crippen molar-refractivity contribution < 1.29 is 14.6 Å². The zero-order valence-electron chi connectivity index (χ0n) is 10.3. The Hall–Kier alpha value is -1.03. The number of morpholine rings is 1. The summed E-state index contributed by atoms with van der Waals surface area (Å²) >= 11 is 0. The number of amides is 1. The Labute approximate surface area is 96.9 Å². The Balaban J connectivity index is 2.40. The Bertz CT molecular complexity index is 268. The van der Waals surface area contributed by atoms with E-state index in [1.165, 1.54) is 4.90 Å². The van der Waals surface area contributed by atoms with Crippen molar-refractivity contribution in [2.75, 3.05) is 19.7 Å². The molecule has 0 radical (unpaired) electrons. The second kappa shape index (κ2) is 5.34. The van der Waals surface area contributed by atoms with Crippen molar-refractivity contribution >= 4 is 6.09 Å². The average molecular weight is 227 g/mol. The van der Waals surface area contributed by atoms with Crippen LogP contribution in [0.15, 0.2) is 12.2 Å². The van der Waals surface area contributed by atoms with Crippen LogP contribution in [-0.4, -0.2) is 41.9 Å². The Morgan fingerprint density at radius 3 is 2.81 bits per heavy atom. The molecule has 1 fully saturated rings. The van der Waals surface area contributed by atoms with Gasteiger partial charge in [0.25, 0.3) is 0 Å². The van der Waals surface area contributed by atoms with Gasteiger partial charge in [0.2, 0.25) is 0 Å². The number of rotatable bonds is 2. The molecule has 4 nitrogen and oxygen atoms in total. The molecule has 1 unspecified atom stereocenters. The van der Waals surface area contributed by atoms with Crippen molar-refractivity contribution in [3.05, 3.63) is 12.2 Å². The predicted octanol–water partition coefficient (Wildman–Crippen LogP) is 2.36. The summed E-state index contributed by atoms with van der Waals surface area (Å²) < 4.78 is 5.48. The average Bonchev–Trinajstić information content (AvgIpc) is 2.16. The number of carbonyl (C=O) groups is 1. The Kier molecular flexibility index (Phi) is 4.35. The number of nitrogens with zero attached hydrogens (tertiary/aromatic N) is 1. The highest BCUT2D eigenvalue weighted by atomic mass is 16.5. The predicted molar refractivity (Wildman–Crippen MR) is 62.5 cm³/mol. The summed E-state index contributed by atoms with van der Waals surface area (Å²) in [4.78, 5) is 12.2. The summed E-state index contributed by atoms with van der Waals surface area (Å²) in [6.45, 7) is 7.90. The first-order valence-electron chi connectivity index (χ1n) is 5.64. The van der Waals surface area contributed by atoms with Crippen molar-refractivity contribution in [1.82, 2.24) is 4.90 Å². The summed E-state index contributed by atoms with van der Waals surface area (Å²) in [5, 5.41) is 8.86. The SMILES string of the molecule is CC(C)(C)CC=CC1CN(C(=O)O)CCO1. The fourth-order valence-electron chi connectivity index (χ4n) is 1.54. The molecule has 0 aromatic carbocycles. The number of ether oxygens (including phenoxy) is 1. The summed E-state index contributed by atoms with van der Waals surface area (Å²) in [5.74, 6) is 0. The minimum Gasteiger partial charge on any atom is -0.465 e. The fraction of sp³-hybridized carbons (Fsp3) is 0.750. The maximum Gasteiger partial charge on any atom is 0.407 e. The van der Waals surface area contributed by atoms with E-state index in [1.807, 2.05) is 6.08 Å². The number of allylic oxidation sites excluding steroid dienone is 1. The highest BCUT2D eigenvalue weighted by Crippen LogP contribution is 2.19. The topological polar surface area (TPSA) is 49.8 Å². The van der Waals surface area contributed by atoms with Crippen LogP contribution in [0.25, 0.3) is 0 Å². The van der Waals surface area contributed by atoms with E-state index in [9.17, 15) is 4.79 Å². The molecule has 1 amide bonds. The number of carboxylic acid groups (broad SMARTS) is 1. The van der Waals surface area contributed by atoms with Gasteiger partial charge in [-0.05, 0) is 11.8 Å². The summed E-state index contributed by atoms with van der Waals surface area (Å²) in [6.07, 6.45) is 4.07. The van der Waals surface area contributed by atoms with Gasteiger partial charge in [-0.1, -0.05) is 32.9 Å². The van der Waals surface area contributed by atoms with E-state index in [1.54, 1.807) is 0 Å². The standard InChI is InChI=1S/C12H21NO3/c1-12(2,3)6-4-5-10-9-13(11(14)15)7-8-16-10/h4-5,10H,6-9H2,1-3H3,(H,14,15). The second-order valence-corrected chi connectivity index (χ2v) is 5.33. The lowest BCUT2D eigenvalue weighted by Gasteiger charge is -2.29. The van der Waals surface area contributed by atoms with Gasteiger partial charge >= 0.3 is 6.09 Å². The zero-order chi connectivity index (χ0) is 12.2. The molecule has 1 aliphatic rings. The van der Waals surface area contributed by atoms with Crippen molar-refractivity contribution in [2.24, 2.45) is 5.41 Å². The smallest absolute Gasteiger partial charge is 0.407 e. The Morgan fingerprint density at radius 2 is 2.25 bits per heavy atom. The van der Waals surface area contributed by atoms with Crippen LogP contribution in [0.1, 0.15) is 27.2 Å². The molecule has 0 aromatic rings. The van der Waals surface area contributed by atoms with Gasteiger partial charge in [-0.2, -0.15) is 0 Å². The van der Waals surface area contributed by atoms with Crippen LogP contribution in [0.2, 0.25) is 0 Å². The molecule has 0 spiro atoms. The molecular weight excluding hydrogens is 206 g/mol. The monoisotopic (exact) mass is 227 g/mol. The molecular formula is C12H21NO3. The van der Waals surface area contributed by atoms with Gasteiger partial charge in [0.15, 0.2) is 0 Å². The molecule has 16 heavy (non-hydrogen) atoms. The highest BCUT2D eigenvalue weighted by molar-refractivity contribution is 5.65. The maximum atomic E-state index is 10.8. The van der Waals surface area contributed by atoms with Gasteiger partial charge in [-0.15, -0.1) is 0 Å². The largest absolute Gasteiger partial charge is 0.465 e. The van der Waals surface area contributed by atoms with Gasteiger partial charge in [-0.25, -0.2) is 4.79 Å². The molecule has 0 aromatic heterocycles. The molecule has 1 atom stereocenters. The lowest BCUT2D eigenvalue weighted by Crippen LogP contribution is -2.44. The third-order valence-electron chi connectivity index (χ3n) is 2.44. The number of hydrogen-bond acceptors (Lipinski definition) is 2. The molecule has 4 heteroatoms. The lowest BCUT2D eigenvalue weighted by molar-refractivity contribution is 0.00191.